The van der Waals surface area contributed by atoms with Crippen LogP contribution in [-0.4, -0.2) is 61.1 Å². The Labute approximate surface area is 257 Å². The largest absolute Gasteiger partial charge is 0.344 e. The SMILES string of the molecule is CCN1/C(=C/C=C2\CSC/C(=C\C=C3\N(CC)c4ccccc4C3(C)C)C2=[N+]2CCNCC2)C(C)(C)c2ccccc21. The number of thioether (sulfide) groups is 1. The molecule has 0 saturated carbocycles. The van der Waals surface area contributed by atoms with Crippen molar-refractivity contribution in [2.45, 2.75) is 52.4 Å². The van der Waals surface area contributed by atoms with Crippen LogP contribution in [0.25, 0.3) is 0 Å². The monoisotopic (exact) mass is 579 g/mol. The van der Waals surface area contributed by atoms with Gasteiger partial charge in [0.25, 0.3) is 0 Å². The predicted octanol–water partition coefficient (Wildman–Crippen LogP) is 7.05. The highest BCUT2D eigenvalue weighted by atomic mass is 32.2. The molecule has 4 aliphatic rings. The Hall–Kier alpha value is -3.02. The third-order valence-electron chi connectivity index (χ3n) is 9.67. The van der Waals surface area contributed by atoms with E-state index in [1.165, 1.54) is 50.8 Å². The predicted molar refractivity (Wildman–Crippen MR) is 183 cm³/mol. The van der Waals surface area contributed by atoms with Crippen LogP contribution < -0.4 is 15.1 Å². The Morgan fingerprint density at radius 2 is 1.17 bits per heavy atom. The minimum absolute atomic E-state index is 0.0174. The fourth-order valence-electron chi connectivity index (χ4n) is 7.48. The van der Waals surface area contributed by atoms with Crippen molar-refractivity contribution >= 4 is 28.8 Å². The molecule has 4 nitrogen and oxygen atoms in total. The van der Waals surface area contributed by atoms with Gasteiger partial charge in [-0.2, -0.15) is 11.8 Å². The average Bonchev–Trinajstić information content (AvgIpc) is 3.37. The first-order chi connectivity index (χ1) is 20.3. The van der Waals surface area contributed by atoms with Crippen LogP contribution in [0.4, 0.5) is 11.4 Å². The van der Waals surface area contributed by atoms with Crippen molar-refractivity contribution in [3.8, 4) is 0 Å². The van der Waals surface area contributed by atoms with Crippen molar-refractivity contribution in [1.82, 2.24) is 5.32 Å². The van der Waals surface area contributed by atoms with Gasteiger partial charge in [-0.25, -0.2) is 4.58 Å². The van der Waals surface area contributed by atoms with Crippen LogP contribution in [0.1, 0.15) is 52.7 Å². The van der Waals surface area contributed by atoms with Crippen LogP contribution >= 0.6 is 11.8 Å². The van der Waals surface area contributed by atoms with Gasteiger partial charge >= 0.3 is 0 Å². The van der Waals surface area contributed by atoms with E-state index in [1.54, 1.807) is 0 Å². The zero-order valence-corrected chi connectivity index (χ0v) is 27.2. The topological polar surface area (TPSA) is 21.5 Å². The molecule has 220 valence electrons. The highest BCUT2D eigenvalue weighted by Crippen LogP contribution is 2.48. The lowest BCUT2D eigenvalue weighted by atomic mass is 9.83. The third-order valence-corrected chi connectivity index (χ3v) is 10.7. The number of nitrogens with one attached hydrogen (secondary N) is 1. The summed E-state index contributed by atoms with van der Waals surface area (Å²) in [6.45, 7) is 20.2. The van der Waals surface area contributed by atoms with Gasteiger partial charge in [-0.1, -0.05) is 64.1 Å². The molecule has 2 fully saturated rings. The van der Waals surface area contributed by atoms with Gasteiger partial charge in [-0.05, 0) is 61.4 Å². The lowest BCUT2D eigenvalue weighted by Crippen LogP contribution is -2.42. The number of piperazine rings is 1. The molecule has 1 N–H and O–H groups in total. The molecule has 0 radical (unpaired) electrons. The number of rotatable bonds is 4. The standard InChI is InChI=1S/C37H47N4S/c1-7-40-31-15-11-9-13-29(31)36(3,4)33(40)19-17-27-25-42-26-28(35(27)39-23-21-38-22-24-39)18-20-34-37(5,6)30-14-10-12-16-32(30)41(34)8-2/h9-20,38H,7-8,21-26H2,1-6H3/q+1. The first-order valence-corrected chi connectivity index (χ1v) is 16.9. The van der Waals surface area contributed by atoms with Crippen LogP contribution in [0.5, 0.6) is 0 Å². The number of hydrogen-bond acceptors (Lipinski definition) is 4. The summed E-state index contributed by atoms with van der Waals surface area (Å²) in [7, 11) is 0. The smallest absolute Gasteiger partial charge is 0.208 e. The number of allylic oxidation sites excluding steroid dienone is 6. The number of hydrogen-bond donors (Lipinski definition) is 1. The van der Waals surface area contributed by atoms with E-state index in [2.05, 4.69) is 134 Å². The van der Waals surface area contributed by atoms with Gasteiger partial charge in [-0.3, -0.25) is 0 Å². The van der Waals surface area contributed by atoms with E-state index in [1.807, 2.05) is 11.8 Å². The van der Waals surface area contributed by atoms with Gasteiger partial charge in [0.15, 0.2) is 13.1 Å². The molecule has 0 aromatic heterocycles. The molecule has 0 atom stereocenters. The fraction of sp³-hybridized carbons (Fsp3) is 0.432. The molecule has 2 aromatic carbocycles. The quantitative estimate of drug-likeness (QED) is 0.392. The lowest BCUT2D eigenvalue weighted by molar-refractivity contribution is -0.531. The molecule has 0 amide bonds. The maximum Gasteiger partial charge on any atom is 0.208 e. The van der Waals surface area contributed by atoms with Crippen LogP contribution in [0.2, 0.25) is 0 Å². The number of benzene rings is 2. The second kappa shape index (κ2) is 11.6. The first-order valence-electron chi connectivity index (χ1n) is 15.8. The van der Waals surface area contributed by atoms with E-state index in [0.29, 0.717) is 0 Å². The van der Waals surface area contributed by atoms with Crippen molar-refractivity contribution in [3.05, 3.63) is 107 Å². The summed E-state index contributed by atoms with van der Waals surface area (Å²) in [5, 5.41) is 3.57. The summed E-state index contributed by atoms with van der Waals surface area (Å²) in [6, 6.07) is 17.9. The highest BCUT2D eigenvalue weighted by molar-refractivity contribution is 7.99. The average molecular weight is 580 g/mol. The maximum absolute atomic E-state index is 3.57. The van der Waals surface area contributed by atoms with Gasteiger partial charge in [-0.15, -0.1) is 0 Å². The molecular weight excluding hydrogens is 533 g/mol. The fourth-order valence-corrected chi connectivity index (χ4v) is 8.49. The molecule has 0 bridgehead atoms. The van der Waals surface area contributed by atoms with Gasteiger partial charge in [0.05, 0.1) is 13.1 Å². The van der Waals surface area contributed by atoms with E-state index in [-0.39, 0.29) is 10.8 Å². The zero-order valence-electron chi connectivity index (χ0n) is 26.3. The molecule has 2 saturated heterocycles. The van der Waals surface area contributed by atoms with Gasteiger partial charge < -0.3 is 15.1 Å². The van der Waals surface area contributed by atoms with Gasteiger partial charge in [0, 0.05) is 69.3 Å². The highest BCUT2D eigenvalue weighted by Gasteiger charge is 2.40. The molecule has 2 aromatic rings. The second-order valence-electron chi connectivity index (χ2n) is 12.8. The lowest BCUT2D eigenvalue weighted by Gasteiger charge is -2.27. The molecule has 4 heterocycles. The summed E-state index contributed by atoms with van der Waals surface area (Å²) in [4.78, 5) is 5.01. The molecular formula is C37H47N4S+. The molecule has 0 spiro atoms. The molecule has 5 heteroatoms. The molecule has 0 aliphatic carbocycles. The number of fused-ring (bicyclic) bond motifs is 2. The van der Waals surface area contributed by atoms with Crippen LogP contribution in [-0.2, 0) is 10.8 Å². The molecule has 6 rings (SSSR count). The Morgan fingerprint density at radius 1 is 0.714 bits per heavy atom. The van der Waals surface area contributed by atoms with Crippen molar-refractivity contribution in [3.63, 3.8) is 0 Å². The Morgan fingerprint density at radius 3 is 1.62 bits per heavy atom. The molecule has 0 unspecified atom stereocenters. The van der Waals surface area contributed by atoms with Crippen LogP contribution in [0.15, 0.2) is 95.4 Å². The van der Waals surface area contributed by atoms with E-state index in [9.17, 15) is 0 Å². The van der Waals surface area contributed by atoms with E-state index < -0.39 is 0 Å². The van der Waals surface area contributed by atoms with Crippen molar-refractivity contribution in [2.75, 3.05) is 60.6 Å². The Kier molecular flexibility index (Phi) is 8.01. The summed E-state index contributed by atoms with van der Waals surface area (Å²) >= 11 is 2.05. The van der Waals surface area contributed by atoms with Crippen molar-refractivity contribution in [2.24, 2.45) is 0 Å². The minimum atomic E-state index is -0.0174. The summed E-state index contributed by atoms with van der Waals surface area (Å²) in [6.07, 6.45) is 9.75. The number of para-hydroxylation sites is 2. The summed E-state index contributed by atoms with van der Waals surface area (Å²) in [5.41, 5.74) is 12.7. The zero-order chi connectivity index (χ0) is 29.5. The van der Waals surface area contributed by atoms with Gasteiger partial charge in [0.1, 0.15) is 0 Å². The Balaban J connectivity index is 1.42. The van der Waals surface area contributed by atoms with Crippen LogP contribution in [0.3, 0.4) is 0 Å². The van der Waals surface area contributed by atoms with E-state index in [0.717, 1.165) is 50.8 Å². The maximum atomic E-state index is 3.57. The molecule has 42 heavy (non-hydrogen) atoms. The number of likely N-dealkylation sites (N-methyl/N-ethyl adjacent to an activating group) is 2. The van der Waals surface area contributed by atoms with E-state index >= 15 is 0 Å². The third kappa shape index (κ3) is 4.89. The van der Waals surface area contributed by atoms with Gasteiger partial charge in [0.2, 0.25) is 5.71 Å². The molecule has 4 aliphatic heterocycles. The summed E-state index contributed by atoms with van der Waals surface area (Å²) < 4.78 is 2.64. The first kappa shape index (κ1) is 29.1. The van der Waals surface area contributed by atoms with E-state index in [4.69, 9.17) is 0 Å². The minimum Gasteiger partial charge on any atom is -0.344 e. The van der Waals surface area contributed by atoms with Crippen molar-refractivity contribution < 1.29 is 4.58 Å². The van der Waals surface area contributed by atoms with Crippen molar-refractivity contribution in [1.29, 1.82) is 0 Å². The van der Waals surface area contributed by atoms with Crippen LogP contribution in [0, 0.1) is 0 Å². The normalized spacial score (nSPS) is 25.2. The number of nitrogens with zero attached hydrogens (tertiary/aromatic N) is 3. The number of anilines is 2. The Bertz CT molecular complexity index is 1410. The second-order valence-corrected chi connectivity index (χ2v) is 13.8. The summed E-state index contributed by atoms with van der Waals surface area (Å²) in [5.74, 6) is 2.10.